The van der Waals surface area contributed by atoms with Crippen molar-refractivity contribution in [1.82, 2.24) is 0 Å². The molecule has 0 atom stereocenters. The van der Waals surface area contributed by atoms with E-state index in [1.54, 1.807) is 67.8 Å². The lowest BCUT2D eigenvalue weighted by Gasteiger charge is -2.08. The fourth-order valence-corrected chi connectivity index (χ4v) is 2.96. The van der Waals surface area contributed by atoms with Crippen LogP contribution in [-0.2, 0) is 0 Å². The van der Waals surface area contributed by atoms with E-state index in [0.717, 1.165) is 0 Å². The van der Waals surface area contributed by atoms with Crippen molar-refractivity contribution in [3.63, 3.8) is 0 Å². The Morgan fingerprint density at radius 3 is 2.63 bits per heavy atom. The molecule has 0 saturated heterocycles. The Bertz CT molecular complexity index is 1340. The predicted molar refractivity (Wildman–Crippen MR) is 114 cm³/mol. The van der Waals surface area contributed by atoms with Gasteiger partial charge in [-0.05, 0) is 54.6 Å². The van der Waals surface area contributed by atoms with Crippen LogP contribution in [-0.4, -0.2) is 13.0 Å². The third-order valence-corrected chi connectivity index (χ3v) is 4.44. The van der Waals surface area contributed by atoms with E-state index in [0.29, 0.717) is 33.7 Å². The lowest BCUT2D eigenvalue weighted by atomic mass is 10.1. The molecule has 0 aliphatic heterocycles. The minimum Gasteiger partial charge on any atom is -0.497 e. The van der Waals surface area contributed by atoms with Crippen LogP contribution in [0.2, 0.25) is 0 Å². The molecule has 0 aliphatic carbocycles. The van der Waals surface area contributed by atoms with Gasteiger partial charge in [0, 0.05) is 11.1 Å². The first kappa shape index (κ1) is 19.0. The molecule has 0 radical (unpaired) electrons. The zero-order chi connectivity index (χ0) is 20.9. The third kappa shape index (κ3) is 4.05. The molecule has 0 spiro atoms. The minimum absolute atomic E-state index is 0.149. The molecular weight excluding hydrogens is 378 g/mol. The lowest BCUT2D eigenvalue weighted by molar-refractivity contribution is 0.102. The van der Waals surface area contributed by atoms with E-state index in [1.165, 1.54) is 0 Å². The standard InChI is InChI=1S/C24H17N3O3/c1-29-20-10-11-22-17(13-20)14-21(23(28)26-18-7-3-2-4-8-18)24(30-22)27-19-9-5-6-16(12-19)15-25/h2-14H,1H3,(H,26,28). The number of anilines is 1. The molecule has 0 unspecified atom stereocenters. The van der Waals surface area contributed by atoms with Gasteiger partial charge in [0.05, 0.1) is 24.4 Å². The molecule has 30 heavy (non-hydrogen) atoms. The van der Waals surface area contributed by atoms with Crippen LogP contribution in [0.3, 0.4) is 0 Å². The summed E-state index contributed by atoms with van der Waals surface area (Å²) in [5, 5.41) is 12.7. The normalized spacial score (nSPS) is 11.1. The van der Waals surface area contributed by atoms with Crippen LogP contribution < -0.4 is 15.6 Å². The Kier molecular flexibility index (Phi) is 5.27. The van der Waals surface area contributed by atoms with E-state index >= 15 is 0 Å². The van der Waals surface area contributed by atoms with Crippen LogP contribution in [0.1, 0.15) is 15.9 Å². The Morgan fingerprint density at radius 1 is 1.03 bits per heavy atom. The number of nitriles is 1. The number of fused-ring (bicyclic) bond motifs is 1. The van der Waals surface area contributed by atoms with E-state index < -0.39 is 0 Å². The number of hydrogen-bond acceptors (Lipinski definition) is 5. The van der Waals surface area contributed by atoms with Gasteiger partial charge in [-0.2, -0.15) is 5.26 Å². The summed E-state index contributed by atoms with van der Waals surface area (Å²) >= 11 is 0. The van der Waals surface area contributed by atoms with Crippen molar-refractivity contribution in [1.29, 1.82) is 5.26 Å². The van der Waals surface area contributed by atoms with Crippen molar-refractivity contribution < 1.29 is 13.9 Å². The summed E-state index contributed by atoms with van der Waals surface area (Å²) in [5.74, 6) is 0.295. The van der Waals surface area contributed by atoms with Gasteiger partial charge < -0.3 is 14.5 Å². The van der Waals surface area contributed by atoms with Crippen LogP contribution in [0, 0.1) is 11.3 Å². The number of carbonyl (C=O) groups is 1. The monoisotopic (exact) mass is 395 g/mol. The van der Waals surface area contributed by atoms with Gasteiger partial charge in [0.2, 0.25) is 5.55 Å². The highest BCUT2D eigenvalue weighted by Gasteiger charge is 2.14. The van der Waals surface area contributed by atoms with Gasteiger partial charge in [-0.1, -0.05) is 24.3 Å². The quantitative estimate of drug-likeness (QED) is 0.538. The first-order valence-corrected chi connectivity index (χ1v) is 9.19. The number of carbonyl (C=O) groups excluding carboxylic acids is 1. The van der Waals surface area contributed by atoms with Gasteiger partial charge in [-0.15, -0.1) is 0 Å². The maximum absolute atomic E-state index is 13.0. The zero-order valence-corrected chi connectivity index (χ0v) is 16.1. The average Bonchev–Trinajstić information content (AvgIpc) is 2.79. The van der Waals surface area contributed by atoms with E-state index in [1.807, 2.05) is 18.2 Å². The van der Waals surface area contributed by atoms with Crippen molar-refractivity contribution in [2.75, 3.05) is 12.4 Å². The van der Waals surface area contributed by atoms with Crippen LogP contribution in [0.5, 0.6) is 5.75 Å². The van der Waals surface area contributed by atoms with Crippen molar-refractivity contribution in [3.8, 4) is 11.8 Å². The summed E-state index contributed by atoms with van der Waals surface area (Å²) in [6, 6.07) is 25.1. The second-order valence-electron chi connectivity index (χ2n) is 6.46. The predicted octanol–water partition coefficient (Wildman–Crippen LogP) is 4.80. The second kappa shape index (κ2) is 8.33. The zero-order valence-electron chi connectivity index (χ0n) is 16.1. The fourth-order valence-electron chi connectivity index (χ4n) is 2.96. The third-order valence-electron chi connectivity index (χ3n) is 4.44. The van der Waals surface area contributed by atoms with Crippen LogP contribution in [0.15, 0.2) is 88.3 Å². The number of nitrogens with zero attached hydrogens (tertiary/aromatic N) is 2. The Hall–Kier alpha value is -4.37. The Balaban J connectivity index is 1.88. The highest BCUT2D eigenvalue weighted by Crippen LogP contribution is 2.21. The Morgan fingerprint density at radius 2 is 1.87 bits per heavy atom. The molecule has 1 aromatic heterocycles. The summed E-state index contributed by atoms with van der Waals surface area (Å²) in [4.78, 5) is 17.5. The molecule has 0 bridgehead atoms. The number of nitrogens with one attached hydrogen (secondary N) is 1. The van der Waals surface area contributed by atoms with Crippen LogP contribution in [0.4, 0.5) is 11.4 Å². The number of hydrogen-bond donors (Lipinski definition) is 1. The fraction of sp³-hybridized carbons (Fsp3) is 0.0417. The number of benzene rings is 3. The van der Waals surface area contributed by atoms with E-state index in [-0.39, 0.29) is 17.0 Å². The van der Waals surface area contributed by atoms with Gasteiger partial charge in [0.15, 0.2) is 0 Å². The highest BCUT2D eigenvalue weighted by atomic mass is 16.5. The van der Waals surface area contributed by atoms with Gasteiger partial charge >= 0.3 is 0 Å². The second-order valence-corrected chi connectivity index (χ2v) is 6.46. The maximum atomic E-state index is 13.0. The summed E-state index contributed by atoms with van der Waals surface area (Å²) in [6.45, 7) is 0. The molecule has 6 heteroatoms. The van der Waals surface area contributed by atoms with E-state index in [4.69, 9.17) is 14.4 Å². The summed E-state index contributed by atoms with van der Waals surface area (Å²) in [7, 11) is 1.58. The average molecular weight is 395 g/mol. The first-order valence-electron chi connectivity index (χ1n) is 9.19. The van der Waals surface area contributed by atoms with E-state index in [2.05, 4.69) is 16.4 Å². The lowest BCUT2D eigenvalue weighted by Crippen LogP contribution is -2.21. The van der Waals surface area contributed by atoms with Gasteiger partial charge in [0.1, 0.15) is 16.9 Å². The SMILES string of the molecule is COc1ccc2oc(=Nc3cccc(C#N)c3)c(C(=O)Nc3ccccc3)cc2c1. The maximum Gasteiger partial charge on any atom is 0.261 e. The number of amides is 1. The van der Waals surface area contributed by atoms with Crippen LogP contribution >= 0.6 is 0 Å². The van der Waals surface area contributed by atoms with Gasteiger partial charge in [-0.3, -0.25) is 4.79 Å². The van der Waals surface area contributed by atoms with Gasteiger partial charge in [-0.25, -0.2) is 4.99 Å². The number of ether oxygens (including phenoxy) is 1. The molecule has 1 N–H and O–H groups in total. The van der Waals surface area contributed by atoms with Crippen LogP contribution in [0.25, 0.3) is 11.0 Å². The molecule has 1 amide bonds. The molecule has 0 aliphatic rings. The van der Waals surface area contributed by atoms with Crippen molar-refractivity contribution in [2.24, 2.45) is 4.99 Å². The number of para-hydroxylation sites is 1. The van der Waals surface area contributed by atoms with Crippen molar-refractivity contribution >= 4 is 28.3 Å². The Labute approximate surface area is 172 Å². The van der Waals surface area contributed by atoms with E-state index in [9.17, 15) is 4.79 Å². The highest BCUT2D eigenvalue weighted by molar-refractivity contribution is 6.05. The minimum atomic E-state index is -0.357. The largest absolute Gasteiger partial charge is 0.497 e. The van der Waals surface area contributed by atoms with Crippen molar-refractivity contribution in [2.45, 2.75) is 0 Å². The molecule has 146 valence electrons. The smallest absolute Gasteiger partial charge is 0.261 e. The molecule has 0 fully saturated rings. The van der Waals surface area contributed by atoms with Crippen molar-refractivity contribution in [3.05, 3.63) is 95.5 Å². The molecular formula is C24H17N3O3. The van der Waals surface area contributed by atoms with Gasteiger partial charge in [0.25, 0.3) is 5.91 Å². The first-order chi connectivity index (χ1) is 14.7. The molecule has 4 rings (SSSR count). The summed E-state index contributed by atoms with van der Waals surface area (Å²) in [6.07, 6.45) is 0. The molecule has 6 nitrogen and oxygen atoms in total. The number of rotatable bonds is 4. The number of methoxy groups -OCH3 is 1. The molecule has 0 saturated carbocycles. The summed E-state index contributed by atoms with van der Waals surface area (Å²) in [5.41, 5.74) is 2.61. The molecule has 3 aromatic carbocycles. The molecule has 4 aromatic rings. The topological polar surface area (TPSA) is 87.6 Å². The molecule has 1 heterocycles. The summed E-state index contributed by atoms with van der Waals surface area (Å²) < 4.78 is 11.2.